The average Bonchev–Trinajstić information content (AvgIpc) is 2.89. The average molecular weight is 323 g/mol. The van der Waals surface area contributed by atoms with E-state index in [-0.39, 0.29) is 6.61 Å². The Kier molecular flexibility index (Phi) is 4.07. The first-order valence-corrected chi connectivity index (χ1v) is 9.04. The van der Waals surface area contributed by atoms with Crippen LogP contribution >= 0.6 is 0 Å². The largest absolute Gasteiger partial charge is 0.391 e. The fraction of sp³-hybridized carbons (Fsp3) is 0.429. The number of hydrogen-bond acceptors (Lipinski definition) is 2. The maximum atomic E-state index is 9.44. The van der Waals surface area contributed by atoms with Crippen LogP contribution in [-0.4, -0.2) is 48.9 Å². The van der Waals surface area contributed by atoms with Crippen molar-refractivity contribution in [3.8, 4) is 0 Å². The highest BCUT2D eigenvalue weighted by Crippen LogP contribution is 2.46. The highest BCUT2D eigenvalue weighted by Gasteiger charge is 2.46. The van der Waals surface area contributed by atoms with Crippen molar-refractivity contribution in [2.24, 2.45) is 0 Å². The van der Waals surface area contributed by atoms with Gasteiger partial charge in [-0.15, -0.1) is 0 Å². The fourth-order valence-corrected chi connectivity index (χ4v) is 4.68. The normalized spacial score (nSPS) is 28.5. The van der Waals surface area contributed by atoms with E-state index in [0.29, 0.717) is 12.0 Å². The van der Waals surface area contributed by atoms with Crippen LogP contribution in [0.25, 0.3) is 0 Å². The predicted octanol–water partition coefficient (Wildman–Crippen LogP) is 3.00. The molecule has 3 unspecified atom stereocenters. The Morgan fingerprint density at radius 3 is 2.62 bits per heavy atom. The van der Waals surface area contributed by atoms with Crippen LogP contribution in [0.5, 0.6) is 0 Å². The van der Waals surface area contributed by atoms with Gasteiger partial charge in [-0.05, 0) is 17.2 Å². The minimum absolute atomic E-state index is 0.281. The van der Waals surface area contributed by atoms with Gasteiger partial charge in [-0.1, -0.05) is 48.5 Å². The molecule has 1 fully saturated rings. The maximum Gasteiger partial charge on any atom is 0.102 e. The van der Waals surface area contributed by atoms with Gasteiger partial charge in [0.15, 0.2) is 0 Å². The predicted molar refractivity (Wildman–Crippen MR) is 98.1 cm³/mol. The van der Waals surface area contributed by atoms with E-state index in [1.54, 1.807) is 0 Å². The van der Waals surface area contributed by atoms with Crippen molar-refractivity contribution in [2.75, 3.05) is 38.2 Å². The number of anilines is 1. The first-order chi connectivity index (χ1) is 11.7. The second kappa shape index (κ2) is 6.23. The van der Waals surface area contributed by atoms with Gasteiger partial charge in [-0.25, -0.2) is 0 Å². The molecule has 0 aromatic heterocycles. The zero-order valence-electron chi connectivity index (χ0n) is 14.4. The molecular formula is C21H27N2O+. The molecule has 0 aliphatic carbocycles. The summed E-state index contributed by atoms with van der Waals surface area (Å²) in [4.78, 5) is 2.62. The summed E-state index contributed by atoms with van der Waals surface area (Å²) in [6, 6.07) is 20.3. The highest BCUT2D eigenvalue weighted by molar-refractivity contribution is 5.62. The van der Waals surface area contributed by atoms with E-state index in [1.807, 2.05) is 0 Å². The number of fused-ring (bicyclic) bond motifs is 3. The van der Waals surface area contributed by atoms with E-state index in [9.17, 15) is 5.11 Å². The number of benzene rings is 2. The molecule has 2 aromatic rings. The molecule has 0 saturated carbocycles. The lowest BCUT2D eigenvalue weighted by molar-refractivity contribution is -0.915. The molecule has 2 aliphatic heterocycles. The third-order valence-corrected chi connectivity index (χ3v) is 5.95. The Morgan fingerprint density at radius 1 is 1.08 bits per heavy atom. The monoisotopic (exact) mass is 323 g/mol. The number of aliphatic hydroxyl groups is 1. The second-order valence-corrected chi connectivity index (χ2v) is 7.61. The van der Waals surface area contributed by atoms with Crippen LogP contribution in [0.1, 0.15) is 23.5 Å². The standard InChI is InChI=1S/C21H27N2O/c1-23(13-14-24)12-11-21-19(16-23)18-9-5-6-10-20(18)22(21)15-17-7-3-2-4-8-17/h2-10,19,21,24H,11-16H2,1H3/q+1. The quantitative estimate of drug-likeness (QED) is 0.875. The molecule has 0 amide bonds. The summed E-state index contributed by atoms with van der Waals surface area (Å²) in [5.41, 5.74) is 4.29. The molecular weight excluding hydrogens is 296 g/mol. The topological polar surface area (TPSA) is 23.5 Å². The number of aliphatic hydroxyl groups excluding tert-OH is 1. The van der Waals surface area contributed by atoms with E-state index in [4.69, 9.17) is 0 Å². The number of hydrogen-bond donors (Lipinski definition) is 1. The van der Waals surface area contributed by atoms with Gasteiger partial charge in [0, 0.05) is 24.7 Å². The van der Waals surface area contributed by atoms with E-state index in [2.05, 4.69) is 66.5 Å². The summed E-state index contributed by atoms with van der Waals surface area (Å²) in [5.74, 6) is 0.579. The first kappa shape index (κ1) is 15.7. The third kappa shape index (κ3) is 2.72. The van der Waals surface area contributed by atoms with Gasteiger partial charge in [0.05, 0.1) is 32.7 Å². The molecule has 4 rings (SSSR count). The SMILES string of the molecule is C[N+]1(CCO)CCC2C(C1)c1ccccc1N2Cc1ccccc1. The maximum absolute atomic E-state index is 9.44. The van der Waals surface area contributed by atoms with Crippen LogP contribution < -0.4 is 4.90 Å². The van der Waals surface area contributed by atoms with Crippen molar-refractivity contribution in [3.05, 3.63) is 65.7 Å². The molecule has 0 radical (unpaired) electrons. The minimum Gasteiger partial charge on any atom is -0.391 e. The molecule has 3 nitrogen and oxygen atoms in total. The van der Waals surface area contributed by atoms with Crippen molar-refractivity contribution in [2.45, 2.75) is 24.9 Å². The second-order valence-electron chi connectivity index (χ2n) is 7.61. The van der Waals surface area contributed by atoms with E-state index >= 15 is 0 Å². The van der Waals surface area contributed by atoms with Crippen LogP contribution in [0.3, 0.4) is 0 Å². The number of quaternary nitrogens is 1. The minimum atomic E-state index is 0.281. The molecule has 126 valence electrons. The van der Waals surface area contributed by atoms with Crippen LogP contribution in [0.15, 0.2) is 54.6 Å². The Bertz CT molecular complexity index is 702. The van der Waals surface area contributed by atoms with Gasteiger partial charge < -0.3 is 14.5 Å². The molecule has 2 heterocycles. The fourth-order valence-electron chi connectivity index (χ4n) is 4.68. The molecule has 0 bridgehead atoms. The van der Waals surface area contributed by atoms with Gasteiger partial charge >= 0.3 is 0 Å². The van der Waals surface area contributed by atoms with Crippen LogP contribution in [0, 0.1) is 0 Å². The molecule has 3 heteroatoms. The smallest absolute Gasteiger partial charge is 0.102 e. The van der Waals surface area contributed by atoms with Crippen molar-refractivity contribution in [1.82, 2.24) is 0 Å². The van der Waals surface area contributed by atoms with E-state index in [1.165, 1.54) is 23.2 Å². The lowest BCUT2D eigenvalue weighted by atomic mass is 9.87. The van der Waals surface area contributed by atoms with Crippen molar-refractivity contribution < 1.29 is 9.59 Å². The summed E-state index contributed by atoms with van der Waals surface area (Å²) in [6.45, 7) is 4.42. The van der Waals surface area contributed by atoms with Crippen molar-refractivity contribution in [3.63, 3.8) is 0 Å². The zero-order valence-corrected chi connectivity index (χ0v) is 14.4. The van der Waals surface area contributed by atoms with Gasteiger partial charge in [0.1, 0.15) is 6.54 Å². The van der Waals surface area contributed by atoms with Crippen molar-refractivity contribution in [1.29, 1.82) is 0 Å². The van der Waals surface area contributed by atoms with Crippen LogP contribution in [0.2, 0.25) is 0 Å². The molecule has 24 heavy (non-hydrogen) atoms. The molecule has 3 atom stereocenters. The van der Waals surface area contributed by atoms with Crippen LogP contribution in [-0.2, 0) is 6.54 Å². The van der Waals surface area contributed by atoms with Gasteiger partial charge in [0.25, 0.3) is 0 Å². The number of nitrogens with zero attached hydrogens (tertiary/aromatic N) is 2. The number of para-hydroxylation sites is 1. The molecule has 0 spiro atoms. The lowest BCUT2D eigenvalue weighted by Crippen LogP contribution is -2.56. The number of likely N-dealkylation sites (tertiary alicyclic amines) is 1. The molecule has 2 aromatic carbocycles. The number of rotatable bonds is 4. The van der Waals surface area contributed by atoms with Crippen molar-refractivity contribution >= 4 is 5.69 Å². The highest BCUT2D eigenvalue weighted by atomic mass is 16.3. The van der Waals surface area contributed by atoms with Crippen LogP contribution in [0.4, 0.5) is 5.69 Å². The zero-order chi connectivity index (χ0) is 16.6. The van der Waals surface area contributed by atoms with Gasteiger partial charge in [-0.3, -0.25) is 0 Å². The number of piperidine rings is 1. The Morgan fingerprint density at radius 2 is 1.83 bits per heavy atom. The first-order valence-electron chi connectivity index (χ1n) is 9.04. The third-order valence-electron chi connectivity index (χ3n) is 5.95. The molecule has 2 aliphatic rings. The summed E-state index contributed by atoms with van der Waals surface area (Å²) in [7, 11) is 2.30. The Balaban J connectivity index is 1.65. The summed E-state index contributed by atoms with van der Waals surface area (Å²) >= 11 is 0. The molecule has 1 saturated heterocycles. The van der Waals surface area contributed by atoms with Gasteiger partial charge in [0.2, 0.25) is 0 Å². The lowest BCUT2D eigenvalue weighted by Gasteiger charge is -2.44. The Labute approximate surface area is 144 Å². The Hall–Kier alpha value is -1.84. The van der Waals surface area contributed by atoms with E-state index in [0.717, 1.165) is 30.7 Å². The summed E-state index contributed by atoms with van der Waals surface area (Å²) in [6.07, 6.45) is 1.20. The number of likely N-dealkylation sites (N-methyl/N-ethyl adjacent to an activating group) is 1. The summed E-state index contributed by atoms with van der Waals surface area (Å²) in [5, 5.41) is 9.44. The summed E-state index contributed by atoms with van der Waals surface area (Å²) < 4.78 is 0.991. The molecule has 1 N–H and O–H groups in total. The van der Waals surface area contributed by atoms with E-state index < -0.39 is 0 Å². The van der Waals surface area contributed by atoms with Gasteiger partial charge in [-0.2, -0.15) is 0 Å².